The number of aryl methyl sites for hydroxylation is 1. The highest BCUT2D eigenvalue weighted by molar-refractivity contribution is 7.85. The average molecular weight is 598 g/mol. The van der Waals surface area contributed by atoms with Crippen molar-refractivity contribution in [1.82, 2.24) is 0 Å². The van der Waals surface area contributed by atoms with Gasteiger partial charge in [0, 0.05) is 35.6 Å². The molecule has 0 spiro atoms. The highest BCUT2D eigenvalue weighted by Crippen LogP contribution is 2.35. The second-order valence-electron chi connectivity index (χ2n) is 10.6. The maximum atomic E-state index is 11.1. The van der Waals surface area contributed by atoms with Gasteiger partial charge in [0.15, 0.2) is 6.20 Å². The van der Waals surface area contributed by atoms with Crippen LogP contribution in [0.25, 0.3) is 34.2 Å². The lowest BCUT2D eigenvalue weighted by molar-refractivity contribution is -0.671. The minimum atomic E-state index is -3.97. The van der Waals surface area contributed by atoms with Crippen LogP contribution in [-0.4, -0.2) is 18.7 Å². The van der Waals surface area contributed by atoms with Crippen LogP contribution in [0.5, 0.6) is 0 Å². The van der Waals surface area contributed by atoms with Crippen molar-refractivity contribution < 1.29 is 17.5 Å². The Balaban J connectivity index is 1.19. The van der Waals surface area contributed by atoms with Gasteiger partial charge in [-0.05, 0) is 64.7 Å². The van der Waals surface area contributed by atoms with Crippen molar-refractivity contribution in [3.63, 3.8) is 0 Å². The molecule has 0 aliphatic carbocycles. The van der Waals surface area contributed by atoms with E-state index in [1.54, 1.807) is 0 Å². The second kappa shape index (κ2) is 13.1. The Morgan fingerprint density at radius 1 is 0.614 bits per heavy atom. The number of anilines is 3. The largest absolute Gasteiger partial charge is 0.311 e. The molecule has 0 aliphatic heterocycles. The monoisotopic (exact) mass is 597 g/mol. The summed E-state index contributed by atoms with van der Waals surface area (Å²) in [5.41, 5.74) is 8.81. The maximum absolute atomic E-state index is 11.1. The van der Waals surface area contributed by atoms with E-state index >= 15 is 0 Å². The molecule has 0 aliphatic rings. The molecule has 218 valence electrons. The lowest BCUT2D eigenvalue weighted by Crippen LogP contribution is -2.35. The van der Waals surface area contributed by atoms with Crippen LogP contribution >= 0.6 is 0 Å². The Labute approximate surface area is 258 Å². The first kappa shape index (κ1) is 29.1. The van der Waals surface area contributed by atoms with E-state index in [0.29, 0.717) is 13.0 Å². The number of rotatable bonds is 10. The third-order valence-electron chi connectivity index (χ3n) is 7.61. The zero-order chi connectivity index (χ0) is 30.4. The lowest BCUT2D eigenvalue weighted by Gasteiger charge is -2.25. The lowest BCUT2D eigenvalue weighted by atomic mass is 10.0. The van der Waals surface area contributed by atoms with Crippen molar-refractivity contribution >= 4 is 50.2 Å². The van der Waals surface area contributed by atoms with Gasteiger partial charge < -0.3 is 4.90 Å². The van der Waals surface area contributed by atoms with Gasteiger partial charge in [-0.2, -0.15) is 13.0 Å². The van der Waals surface area contributed by atoms with E-state index in [9.17, 15) is 8.42 Å². The highest BCUT2D eigenvalue weighted by Gasteiger charge is 2.14. The molecule has 0 saturated heterocycles. The number of hydrogen-bond donors (Lipinski definition) is 1. The number of benzene rings is 5. The van der Waals surface area contributed by atoms with Crippen LogP contribution < -0.4 is 9.47 Å². The van der Waals surface area contributed by atoms with Gasteiger partial charge in [-0.3, -0.25) is 4.55 Å². The van der Waals surface area contributed by atoms with Crippen LogP contribution in [0.15, 0.2) is 146 Å². The Kier molecular flexibility index (Phi) is 8.64. The minimum Gasteiger partial charge on any atom is -0.311 e. The van der Waals surface area contributed by atoms with Gasteiger partial charge in [0.2, 0.25) is 5.52 Å². The quantitative estimate of drug-likeness (QED) is 0.127. The van der Waals surface area contributed by atoms with Crippen LogP contribution in [0.3, 0.4) is 0 Å². The molecule has 0 saturated carbocycles. The molecular weight excluding hydrogens is 564 g/mol. The molecule has 0 amide bonds. The third-order valence-corrected chi connectivity index (χ3v) is 8.42. The van der Waals surface area contributed by atoms with E-state index < -0.39 is 10.1 Å². The van der Waals surface area contributed by atoms with Crippen molar-refractivity contribution in [3.05, 3.63) is 157 Å². The smallest absolute Gasteiger partial charge is 0.265 e. The Bertz CT molecular complexity index is 1950. The average Bonchev–Trinajstić information content (AvgIpc) is 3.05. The van der Waals surface area contributed by atoms with Crippen LogP contribution in [0.1, 0.15) is 17.5 Å². The minimum absolute atomic E-state index is 0.254. The summed E-state index contributed by atoms with van der Waals surface area (Å²) in [5.74, 6) is -0.254. The van der Waals surface area contributed by atoms with E-state index in [4.69, 9.17) is 4.55 Å². The van der Waals surface area contributed by atoms with Crippen molar-refractivity contribution in [1.29, 1.82) is 0 Å². The van der Waals surface area contributed by atoms with E-state index in [-0.39, 0.29) is 5.75 Å². The molecule has 5 nitrogen and oxygen atoms in total. The van der Waals surface area contributed by atoms with Gasteiger partial charge >= 0.3 is 0 Å². The number of para-hydroxylation sites is 3. The van der Waals surface area contributed by atoms with Crippen LogP contribution in [0, 0.1) is 0 Å². The number of nitrogens with zero attached hydrogens (tertiary/aromatic N) is 2. The fourth-order valence-electron chi connectivity index (χ4n) is 5.44. The molecule has 0 radical (unpaired) electrons. The van der Waals surface area contributed by atoms with Crippen molar-refractivity contribution in [2.75, 3.05) is 10.7 Å². The molecule has 0 fully saturated rings. The third kappa shape index (κ3) is 6.94. The van der Waals surface area contributed by atoms with E-state index in [2.05, 4.69) is 120 Å². The summed E-state index contributed by atoms with van der Waals surface area (Å²) in [6.45, 7) is 0.503. The summed E-state index contributed by atoms with van der Waals surface area (Å²) in [4.78, 5) is 2.26. The molecule has 6 rings (SSSR count). The van der Waals surface area contributed by atoms with Crippen LogP contribution in [0.4, 0.5) is 17.1 Å². The number of pyridine rings is 1. The van der Waals surface area contributed by atoms with Crippen molar-refractivity contribution in [2.45, 2.75) is 13.0 Å². The SMILES string of the molecule is O=S(=O)(O)CCC[n+]1ccc(/C=C/c2ccc(-c3ccc(N(c4ccccc4)c4ccccc4)cc3)cc2)c2ccccc21. The number of aromatic nitrogens is 1. The zero-order valence-corrected chi connectivity index (χ0v) is 25.0. The standard InChI is InChI=1S/C38H32N2O3S/c41-44(42,43)29-9-27-39-28-26-33(37-14-7-8-15-38(37)39)21-18-30-16-19-31(20-17-30)32-22-24-36(25-23-32)40(34-10-3-1-4-11-34)35-12-5-2-6-13-35/h1-8,10-26,28H,9,27,29H2/p+1. The molecule has 1 heterocycles. The Morgan fingerprint density at radius 3 is 1.77 bits per heavy atom. The van der Waals surface area contributed by atoms with E-state index in [0.717, 1.165) is 50.2 Å². The normalized spacial score (nSPS) is 11.7. The molecule has 6 heteroatoms. The first-order valence-electron chi connectivity index (χ1n) is 14.6. The molecule has 6 aromatic rings. The molecule has 1 aromatic heterocycles. The molecule has 0 bridgehead atoms. The maximum Gasteiger partial charge on any atom is 0.265 e. The molecule has 0 unspecified atom stereocenters. The summed E-state index contributed by atoms with van der Waals surface area (Å²) in [6.07, 6.45) is 6.52. The fourth-order valence-corrected chi connectivity index (χ4v) is 5.94. The van der Waals surface area contributed by atoms with Gasteiger partial charge in [0.25, 0.3) is 10.1 Å². The van der Waals surface area contributed by atoms with Crippen molar-refractivity contribution in [3.8, 4) is 11.1 Å². The first-order valence-corrected chi connectivity index (χ1v) is 16.2. The highest BCUT2D eigenvalue weighted by atomic mass is 32.2. The van der Waals surface area contributed by atoms with Gasteiger partial charge in [0.05, 0.1) is 11.1 Å². The van der Waals surface area contributed by atoms with Gasteiger partial charge in [-0.15, -0.1) is 0 Å². The Hall–Kier alpha value is -5.04. The molecule has 5 aromatic carbocycles. The van der Waals surface area contributed by atoms with E-state index in [1.807, 2.05) is 47.2 Å². The summed E-state index contributed by atoms with van der Waals surface area (Å²) < 4.78 is 33.4. The zero-order valence-electron chi connectivity index (χ0n) is 24.2. The van der Waals surface area contributed by atoms with Crippen LogP contribution in [0.2, 0.25) is 0 Å². The van der Waals surface area contributed by atoms with E-state index in [1.165, 1.54) is 0 Å². The van der Waals surface area contributed by atoms with Gasteiger partial charge in [-0.1, -0.05) is 97.1 Å². The van der Waals surface area contributed by atoms with Crippen LogP contribution in [-0.2, 0) is 16.7 Å². The second-order valence-corrected chi connectivity index (χ2v) is 12.2. The number of hydrogen-bond acceptors (Lipinski definition) is 3. The predicted molar refractivity (Wildman–Crippen MR) is 181 cm³/mol. The van der Waals surface area contributed by atoms with Gasteiger partial charge in [0.1, 0.15) is 6.54 Å². The summed E-state index contributed by atoms with van der Waals surface area (Å²) in [7, 11) is -3.97. The predicted octanol–water partition coefficient (Wildman–Crippen LogP) is 8.71. The first-order chi connectivity index (χ1) is 21.4. The Morgan fingerprint density at radius 2 is 1.16 bits per heavy atom. The molecule has 44 heavy (non-hydrogen) atoms. The fraction of sp³-hybridized carbons (Fsp3) is 0.0789. The summed E-state index contributed by atoms with van der Waals surface area (Å²) in [6, 6.07) is 48.1. The molecule has 1 N–H and O–H groups in total. The summed E-state index contributed by atoms with van der Waals surface area (Å²) in [5, 5.41) is 1.08. The topological polar surface area (TPSA) is 61.5 Å². The van der Waals surface area contributed by atoms with Crippen molar-refractivity contribution in [2.24, 2.45) is 0 Å². The number of fused-ring (bicyclic) bond motifs is 1. The van der Waals surface area contributed by atoms with Gasteiger partial charge in [-0.25, -0.2) is 0 Å². The molecular formula is C38H33N2O3S+. The summed E-state index contributed by atoms with van der Waals surface area (Å²) >= 11 is 0. The molecule has 0 atom stereocenters.